The second-order valence-electron chi connectivity index (χ2n) is 5.91. The highest BCUT2D eigenvalue weighted by molar-refractivity contribution is 7.97. The number of ether oxygens (including phenoxy) is 2. The Morgan fingerprint density at radius 1 is 1.15 bits per heavy atom. The Hall–Kier alpha value is -2.67. The smallest absolute Gasteiger partial charge is 0.240 e. The van der Waals surface area contributed by atoms with Gasteiger partial charge in [0.25, 0.3) is 0 Å². The van der Waals surface area contributed by atoms with Crippen molar-refractivity contribution in [2.75, 3.05) is 26.5 Å². The summed E-state index contributed by atoms with van der Waals surface area (Å²) in [6, 6.07) is 15.2. The number of amides is 1. The summed E-state index contributed by atoms with van der Waals surface area (Å²) in [4.78, 5) is 17.0. The summed E-state index contributed by atoms with van der Waals surface area (Å²) in [5.74, 6) is 3.15. The molecule has 3 rings (SSSR count). The third-order valence-electron chi connectivity index (χ3n) is 4.06. The number of carbonyl (C=O) groups excluding carboxylic acids is 1. The molecular weight excluding hydrogens is 362 g/mol. The molecule has 0 unspecified atom stereocenters. The molecule has 0 fully saturated rings. The third-order valence-corrected chi connectivity index (χ3v) is 4.61. The molecule has 0 saturated heterocycles. The summed E-state index contributed by atoms with van der Waals surface area (Å²) in [6.45, 7) is 1.09. The molecule has 3 aromatic rings. The summed E-state index contributed by atoms with van der Waals surface area (Å²) in [5, 5.41) is 2.90. The number of para-hydroxylation sites is 2. The maximum atomic E-state index is 12.4. The van der Waals surface area contributed by atoms with E-state index in [9.17, 15) is 4.79 Å². The van der Waals surface area contributed by atoms with Crippen molar-refractivity contribution in [1.29, 1.82) is 0 Å². The van der Waals surface area contributed by atoms with E-state index >= 15 is 0 Å². The van der Waals surface area contributed by atoms with E-state index < -0.39 is 0 Å². The quantitative estimate of drug-likeness (QED) is 0.574. The number of hydrogen-bond acceptors (Lipinski definition) is 5. The summed E-state index contributed by atoms with van der Waals surface area (Å²) in [6.07, 6.45) is 2.03. The molecule has 1 heterocycles. The van der Waals surface area contributed by atoms with Crippen molar-refractivity contribution >= 4 is 28.7 Å². The normalized spacial score (nSPS) is 10.7. The number of aromatic nitrogens is 2. The largest absolute Gasteiger partial charge is 0.497 e. The zero-order chi connectivity index (χ0) is 19.1. The van der Waals surface area contributed by atoms with Crippen LogP contribution in [0.25, 0.3) is 11.0 Å². The highest BCUT2D eigenvalue weighted by Crippen LogP contribution is 2.19. The molecule has 0 bridgehead atoms. The first-order valence-corrected chi connectivity index (χ1v) is 10.1. The fourth-order valence-electron chi connectivity index (χ4n) is 2.77. The number of carbonyl (C=O) groups is 1. The van der Waals surface area contributed by atoms with Crippen molar-refractivity contribution in [1.82, 2.24) is 14.9 Å². The molecule has 0 saturated carbocycles. The maximum Gasteiger partial charge on any atom is 0.240 e. The lowest BCUT2D eigenvalue weighted by atomic mass is 10.3. The molecule has 0 aliphatic rings. The zero-order valence-electron chi connectivity index (χ0n) is 15.5. The molecule has 27 heavy (non-hydrogen) atoms. The van der Waals surface area contributed by atoms with Crippen molar-refractivity contribution in [3.8, 4) is 11.5 Å². The summed E-state index contributed by atoms with van der Waals surface area (Å²) < 4.78 is 12.7. The Morgan fingerprint density at radius 3 is 2.63 bits per heavy atom. The van der Waals surface area contributed by atoms with E-state index in [1.165, 1.54) is 0 Å². The van der Waals surface area contributed by atoms with Crippen molar-refractivity contribution in [3.63, 3.8) is 0 Å². The highest BCUT2D eigenvalue weighted by Gasteiger charge is 2.12. The average molecular weight is 385 g/mol. The van der Waals surface area contributed by atoms with Crippen molar-refractivity contribution in [2.24, 2.45) is 0 Å². The van der Waals surface area contributed by atoms with E-state index in [1.807, 2.05) is 59.4 Å². The minimum Gasteiger partial charge on any atom is -0.497 e. The number of nitrogens with zero attached hydrogens (tertiary/aromatic N) is 2. The van der Waals surface area contributed by atoms with Crippen LogP contribution in [0, 0.1) is 0 Å². The Balaban J connectivity index is 1.53. The zero-order valence-corrected chi connectivity index (χ0v) is 16.3. The molecule has 0 aliphatic heterocycles. The average Bonchev–Trinajstić information content (AvgIpc) is 3.03. The van der Waals surface area contributed by atoms with Crippen LogP contribution < -0.4 is 14.8 Å². The monoisotopic (exact) mass is 385 g/mol. The van der Waals surface area contributed by atoms with Crippen LogP contribution in [0.5, 0.6) is 11.5 Å². The van der Waals surface area contributed by atoms with Crippen molar-refractivity contribution in [2.45, 2.75) is 12.3 Å². The first kappa shape index (κ1) is 19.1. The number of fused-ring (bicyclic) bond motifs is 1. The van der Waals surface area contributed by atoms with Gasteiger partial charge in [0.05, 0.1) is 30.4 Å². The van der Waals surface area contributed by atoms with Crippen molar-refractivity contribution < 1.29 is 14.3 Å². The number of imidazole rings is 1. The first-order valence-electron chi connectivity index (χ1n) is 8.68. The Bertz CT molecular complexity index is 893. The molecule has 1 N–H and O–H groups in total. The molecule has 0 radical (unpaired) electrons. The lowest BCUT2D eigenvalue weighted by Gasteiger charge is -2.11. The van der Waals surface area contributed by atoms with E-state index in [-0.39, 0.29) is 12.5 Å². The summed E-state index contributed by atoms with van der Waals surface area (Å²) >= 11 is 1.69. The molecule has 2 aromatic carbocycles. The van der Waals surface area contributed by atoms with E-state index in [4.69, 9.17) is 9.47 Å². The molecule has 1 aromatic heterocycles. The number of rotatable bonds is 9. The molecule has 1 amide bonds. The molecule has 7 heteroatoms. The van der Waals surface area contributed by atoms with Crippen LogP contribution in [0.15, 0.2) is 48.5 Å². The standard InChI is InChI=1S/C20H23N3O3S/c1-25-15-7-9-16(10-8-15)26-12-11-21-20(24)13-23-18-6-4-3-5-17(18)22-19(23)14-27-2/h3-10H,11-14H2,1-2H3,(H,21,24). The SMILES string of the molecule is COc1ccc(OCCNC(=O)Cn2c(CSC)nc3ccccc32)cc1. The fraction of sp³-hybridized carbons (Fsp3) is 0.300. The van der Waals surface area contributed by atoms with Crippen LogP contribution in [0.3, 0.4) is 0 Å². The predicted octanol–water partition coefficient (Wildman–Crippen LogP) is 3.10. The number of hydrogen-bond donors (Lipinski definition) is 1. The van der Waals surface area contributed by atoms with Gasteiger partial charge in [0.2, 0.25) is 5.91 Å². The third kappa shape index (κ3) is 4.95. The van der Waals surface area contributed by atoms with Gasteiger partial charge >= 0.3 is 0 Å². The molecule has 6 nitrogen and oxygen atoms in total. The van der Waals surface area contributed by atoms with Gasteiger partial charge in [-0.1, -0.05) is 12.1 Å². The van der Waals surface area contributed by atoms with Gasteiger partial charge < -0.3 is 19.4 Å². The van der Waals surface area contributed by atoms with Gasteiger partial charge in [0, 0.05) is 0 Å². The van der Waals surface area contributed by atoms with Crippen LogP contribution in [-0.4, -0.2) is 42.0 Å². The second-order valence-corrected chi connectivity index (χ2v) is 6.78. The van der Waals surface area contributed by atoms with Gasteiger partial charge in [0.1, 0.15) is 30.5 Å². The van der Waals surface area contributed by atoms with Crippen LogP contribution in [0.1, 0.15) is 5.82 Å². The van der Waals surface area contributed by atoms with Crippen LogP contribution in [0.4, 0.5) is 0 Å². The molecule has 0 aliphatic carbocycles. The lowest BCUT2D eigenvalue weighted by molar-refractivity contribution is -0.121. The summed E-state index contributed by atoms with van der Waals surface area (Å²) in [5.41, 5.74) is 1.89. The second kappa shape index (κ2) is 9.32. The van der Waals surface area contributed by atoms with Crippen LogP contribution >= 0.6 is 11.8 Å². The predicted molar refractivity (Wildman–Crippen MR) is 108 cm³/mol. The number of benzene rings is 2. The van der Waals surface area contributed by atoms with Gasteiger partial charge in [-0.25, -0.2) is 4.98 Å². The lowest BCUT2D eigenvalue weighted by Crippen LogP contribution is -2.31. The van der Waals surface area contributed by atoms with Crippen LogP contribution in [0.2, 0.25) is 0 Å². The van der Waals surface area contributed by atoms with Gasteiger partial charge in [-0.3, -0.25) is 4.79 Å². The van der Waals surface area contributed by atoms with Gasteiger partial charge in [-0.15, -0.1) is 0 Å². The van der Waals surface area contributed by atoms with Gasteiger partial charge in [-0.2, -0.15) is 11.8 Å². The minimum atomic E-state index is -0.0566. The molecule has 0 atom stereocenters. The Morgan fingerprint density at radius 2 is 1.89 bits per heavy atom. The van der Waals surface area contributed by atoms with E-state index in [0.29, 0.717) is 13.2 Å². The fourth-order valence-corrected chi connectivity index (χ4v) is 3.25. The highest BCUT2D eigenvalue weighted by atomic mass is 32.2. The minimum absolute atomic E-state index is 0.0566. The van der Waals surface area contributed by atoms with E-state index in [2.05, 4.69) is 10.3 Å². The van der Waals surface area contributed by atoms with Crippen LogP contribution in [-0.2, 0) is 17.1 Å². The maximum absolute atomic E-state index is 12.4. The van der Waals surface area contributed by atoms with Gasteiger partial charge in [0.15, 0.2) is 0 Å². The van der Waals surface area contributed by atoms with E-state index in [0.717, 1.165) is 34.1 Å². The molecular formula is C20H23N3O3S. The molecule has 142 valence electrons. The van der Waals surface area contributed by atoms with E-state index in [1.54, 1.807) is 18.9 Å². The number of nitrogens with one attached hydrogen (secondary N) is 1. The number of methoxy groups -OCH3 is 1. The van der Waals surface area contributed by atoms with Gasteiger partial charge in [-0.05, 0) is 42.7 Å². The Kier molecular flexibility index (Phi) is 6.59. The number of thioether (sulfide) groups is 1. The van der Waals surface area contributed by atoms with Crippen molar-refractivity contribution in [3.05, 3.63) is 54.4 Å². The molecule has 0 spiro atoms. The topological polar surface area (TPSA) is 65.4 Å². The first-order chi connectivity index (χ1) is 13.2. The Labute approximate surface area is 162 Å². The summed E-state index contributed by atoms with van der Waals surface area (Å²) in [7, 11) is 1.62.